The van der Waals surface area contributed by atoms with E-state index in [0.29, 0.717) is 0 Å². The van der Waals surface area contributed by atoms with Crippen LogP contribution in [-0.2, 0) is 29.5 Å². The van der Waals surface area contributed by atoms with E-state index in [1.54, 1.807) is 20.8 Å². The topological polar surface area (TPSA) is 84.4 Å². The molecule has 0 spiro atoms. The number of hydrogen-bond acceptors (Lipinski definition) is 3. The Morgan fingerprint density at radius 2 is 2.09 bits per heavy atom. The molecule has 0 saturated carbocycles. The molecule has 0 fully saturated rings. The lowest BCUT2D eigenvalue weighted by Gasteiger charge is -2.21. The number of amides is 1. The zero-order valence-corrected chi connectivity index (χ0v) is 14.6. The maximum Gasteiger partial charge on any atom is 0.408 e. The Balaban J connectivity index is 2.80. The molecule has 0 aromatic carbocycles. The minimum Gasteiger partial charge on any atom is -0.480 e. The molecule has 1 heterocycles. The Bertz CT molecular complexity index is 546. The van der Waals surface area contributed by atoms with E-state index < -0.39 is 23.7 Å². The number of alkyl carbamates (subject to hydrolysis) is 1. The lowest BCUT2D eigenvalue weighted by Crippen LogP contribution is -2.45. The first kappa shape index (κ1) is 19.0. The van der Waals surface area contributed by atoms with Crippen LogP contribution in [0.25, 0.3) is 0 Å². The molecule has 0 aliphatic rings. The van der Waals surface area contributed by atoms with Gasteiger partial charge in [-0.3, -0.25) is 0 Å². The van der Waals surface area contributed by atoms with Gasteiger partial charge in [-0.05, 0) is 27.2 Å². The number of hydrogen-bond donors (Lipinski definition) is 2. The number of unbranched alkanes of at least 4 members (excludes halogenated alkanes) is 1. The van der Waals surface area contributed by atoms with Gasteiger partial charge in [0.25, 0.3) is 0 Å². The minimum atomic E-state index is -1.08. The maximum atomic E-state index is 11.8. The summed E-state index contributed by atoms with van der Waals surface area (Å²) < 4.78 is 9.04. The largest absolute Gasteiger partial charge is 0.480 e. The summed E-state index contributed by atoms with van der Waals surface area (Å²) in [6.07, 6.45) is 5.36. The Labute approximate surface area is 137 Å². The van der Waals surface area contributed by atoms with Gasteiger partial charge in [0.15, 0.2) is 0 Å². The van der Waals surface area contributed by atoms with Crippen LogP contribution in [0.1, 0.15) is 46.2 Å². The van der Waals surface area contributed by atoms with E-state index in [1.165, 1.54) is 0 Å². The zero-order chi connectivity index (χ0) is 17.6. The summed E-state index contributed by atoms with van der Waals surface area (Å²) in [6, 6.07) is -1.03. The quantitative estimate of drug-likeness (QED) is 0.746. The lowest BCUT2D eigenvalue weighted by molar-refractivity contribution is -0.671. The van der Waals surface area contributed by atoms with Crippen molar-refractivity contribution >= 4 is 12.1 Å². The number of aliphatic carboxylic acids is 1. The summed E-state index contributed by atoms with van der Waals surface area (Å²) in [5, 5.41) is 11.8. The number of rotatable bonds is 7. The van der Waals surface area contributed by atoms with Crippen LogP contribution >= 0.6 is 0 Å². The first-order valence-corrected chi connectivity index (χ1v) is 7.89. The van der Waals surface area contributed by atoms with Crippen molar-refractivity contribution in [1.29, 1.82) is 0 Å². The van der Waals surface area contributed by atoms with E-state index in [9.17, 15) is 14.7 Å². The first-order chi connectivity index (χ1) is 10.6. The van der Waals surface area contributed by atoms with Crippen molar-refractivity contribution in [2.45, 2.75) is 65.1 Å². The van der Waals surface area contributed by atoms with Gasteiger partial charge >= 0.3 is 12.1 Å². The molecule has 0 saturated heterocycles. The molecular weight excluding hydrogens is 298 g/mol. The minimum absolute atomic E-state index is 0.207. The van der Waals surface area contributed by atoms with E-state index in [2.05, 4.69) is 12.2 Å². The molecule has 0 unspecified atom stereocenters. The number of aromatic nitrogens is 2. The molecule has 2 N–H and O–H groups in total. The summed E-state index contributed by atoms with van der Waals surface area (Å²) in [7, 11) is 1.89. The molecule has 0 aliphatic heterocycles. The normalized spacial score (nSPS) is 12.7. The lowest BCUT2D eigenvalue weighted by atomic mass is 10.1. The van der Waals surface area contributed by atoms with Crippen molar-refractivity contribution in [2.24, 2.45) is 7.05 Å². The second kappa shape index (κ2) is 7.99. The number of aryl methyl sites for hydroxylation is 2. The van der Waals surface area contributed by atoms with Gasteiger partial charge in [-0.2, -0.15) is 0 Å². The average molecular weight is 326 g/mol. The molecular formula is C16H28N3O4+. The highest BCUT2D eigenvalue weighted by Gasteiger charge is 2.27. The second-order valence-corrected chi connectivity index (χ2v) is 6.69. The number of imidazole rings is 1. The van der Waals surface area contributed by atoms with Crippen LogP contribution in [0.15, 0.2) is 12.5 Å². The monoisotopic (exact) mass is 326 g/mol. The number of carboxylic acids is 1. The van der Waals surface area contributed by atoms with Crippen molar-refractivity contribution in [3.05, 3.63) is 18.2 Å². The van der Waals surface area contributed by atoms with Crippen molar-refractivity contribution in [2.75, 3.05) is 0 Å². The third-order valence-corrected chi connectivity index (χ3v) is 3.20. The van der Waals surface area contributed by atoms with E-state index >= 15 is 0 Å². The molecule has 23 heavy (non-hydrogen) atoms. The molecule has 1 atom stereocenters. The van der Waals surface area contributed by atoms with Gasteiger partial charge in [0.05, 0.1) is 13.6 Å². The highest BCUT2D eigenvalue weighted by atomic mass is 16.6. The van der Waals surface area contributed by atoms with Crippen LogP contribution in [0.2, 0.25) is 0 Å². The average Bonchev–Trinajstić information content (AvgIpc) is 2.73. The van der Waals surface area contributed by atoms with Gasteiger partial charge in [0, 0.05) is 6.42 Å². The van der Waals surface area contributed by atoms with Crippen molar-refractivity contribution in [3.63, 3.8) is 0 Å². The van der Waals surface area contributed by atoms with Crippen LogP contribution in [0.5, 0.6) is 0 Å². The van der Waals surface area contributed by atoms with Crippen LogP contribution in [0.3, 0.4) is 0 Å². The molecule has 0 radical (unpaired) electrons. The SMILES string of the molecule is CCCCn1c[n+](C)cc1C[C@H](NC(=O)OC(C)(C)C)C(=O)O. The van der Waals surface area contributed by atoms with E-state index in [1.807, 2.05) is 28.7 Å². The maximum absolute atomic E-state index is 11.8. The van der Waals surface area contributed by atoms with Gasteiger partial charge in [0.2, 0.25) is 6.33 Å². The molecule has 0 aliphatic carbocycles. The van der Waals surface area contributed by atoms with Crippen molar-refractivity contribution in [3.8, 4) is 0 Å². The number of nitrogens with one attached hydrogen (secondary N) is 1. The molecule has 1 aromatic heterocycles. The van der Waals surface area contributed by atoms with Gasteiger partial charge < -0.3 is 15.2 Å². The summed E-state index contributed by atoms with van der Waals surface area (Å²) in [4.78, 5) is 23.3. The van der Waals surface area contributed by atoms with Crippen LogP contribution in [0, 0.1) is 0 Å². The Hall–Kier alpha value is -2.05. The molecule has 130 valence electrons. The van der Waals surface area contributed by atoms with E-state index in [4.69, 9.17) is 4.74 Å². The number of carboxylic acid groups (broad SMARTS) is 1. The Morgan fingerprint density at radius 3 is 2.61 bits per heavy atom. The number of ether oxygens (including phenoxy) is 1. The van der Waals surface area contributed by atoms with Crippen molar-refractivity contribution in [1.82, 2.24) is 9.88 Å². The predicted octanol–water partition coefficient (Wildman–Crippen LogP) is 1.63. The number of carbonyl (C=O) groups is 2. The third-order valence-electron chi connectivity index (χ3n) is 3.20. The van der Waals surface area contributed by atoms with Crippen LogP contribution in [-0.4, -0.2) is 33.4 Å². The smallest absolute Gasteiger partial charge is 0.408 e. The van der Waals surface area contributed by atoms with E-state index in [0.717, 1.165) is 25.1 Å². The fourth-order valence-corrected chi connectivity index (χ4v) is 2.20. The Kier molecular flexibility index (Phi) is 6.60. The first-order valence-electron chi connectivity index (χ1n) is 7.89. The van der Waals surface area contributed by atoms with Crippen molar-refractivity contribution < 1.29 is 24.0 Å². The van der Waals surface area contributed by atoms with E-state index in [-0.39, 0.29) is 6.42 Å². The summed E-state index contributed by atoms with van der Waals surface area (Å²) in [5.74, 6) is -1.08. The molecule has 1 amide bonds. The number of nitrogens with zero attached hydrogens (tertiary/aromatic N) is 2. The highest BCUT2D eigenvalue weighted by molar-refractivity contribution is 5.80. The fraction of sp³-hybridized carbons (Fsp3) is 0.688. The molecule has 0 bridgehead atoms. The molecule has 1 aromatic rings. The predicted molar refractivity (Wildman–Crippen MR) is 85.0 cm³/mol. The molecule has 1 rings (SSSR count). The van der Waals surface area contributed by atoms with Crippen LogP contribution in [0.4, 0.5) is 4.79 Å². The van der Waals surface area contributed by atoms with Gasteiger partial charge in [-0.25, -0.2) is 18.7 Å². The summed E-state index contributed by atoms with van der Waals surface area (Å²) in [6.45, 7) is 8.13. The van der Waals surface area contributed by atoms with Gasteiger partial charge in [-0.15, -0.1) is 0 Å². The Morgan fingerprint density at radius 1 is 1.43 bits per heavy atom. The fourth-order valence-electron chi connectivity index (χ4n) is 2.20. The van der Waals surface area contributed by atoms with Gasteiger partial charge in [-0.1, -0.05) is 13.3 Å². The summed E-state index contributed by atoms with van der Waals surface area (Å²) >= 11 is 0. The summed E-state index contributed by atoms with van der Waals surface area (Å²) in [5.41, 5.74) is 0.199. The highest BCUT2D eigenvalue weighted by Crippen LogP contribution is 2.09. The van der Waals surface area contributed by atoms with Gasteiger partial charge in [0.1, 0.15) is 23.5 Å². The van der Waals surface area contributed by atoms with Crippen LogP contribution < -0.4 is 9.88 Å². The third kappa shape index (κ3) is 6.71. The number of carbonyl (C=O) groups excluding carboxylic acids is 1. The zero-order valence-electron chi connectivity index (χ0n) is 14.6. The second-order valence-electron chi connectivity index (χ2n) is 6.69. The standard InChI is InChI=1S/C16H27N3O4/c1-6-7-8-19-11-18(5)10-12(19)9-13(14(20)21)17-15(22)23-16(2,3)4/h10-11,13H,6-9H2,1-5H3,(H-,17,20,21,22)/p+1/t13-/m0/s1. The molecule has 7 heteroatoms. The molecule has 7 nitrogen and oxygen atoms in total.